The molecule has 1 aliphatic heterocycles. The lowest BCUT2D eigenvalue weighted by molar-refractivity contribution is 0.659. The van der Waals surface area contributed by atoms with Gasteiger partial charge < -0.3 is 5.32 Å². The summed E-state index contributed by atoms with van der Waals surface area (Å²) >= 11 is 5.27. The predicted octanol–water partition coefficient (Wildman–Crippen LogP) is 2.98. The molecule has 0 radical (unpaired) electrons. The van der Waals surface area contributed by atoms with E-state index < -0.39 is 0 Å². The van der Waals surface area contributed by atoms with Crippen LogP contribution in [0, 0.1) is 0 Å². The monoisotopic (exact) mass is 245 g/mol. The third kappa shape index (κ3) is 1.73. The summed E-state index contributed by atoms with van der Waals surface area (Å²) in [6.45, 7) is 3.39. The molecule has 2 atom stereocenters. The van der Waals surface area contributed by atoms with Gasteiger partial charge in [0.2, 0.25) is 0 Å². The minimum absolute atomic E-state index is 0.689. The van der Waals surface area contributed by atoms with Gasteiger partial charge in [0.25, 0.3) is 0 Å². The first-order chi connectivity index (χ1) is 5.75. The van der Waals surface area contributed by atoms with Crippen LogP contribution in [0.2, 0.25) is 0 Å². The first kappa shape index (κ1) is 8.73. The maximum Gasteiger partial charge on any atom is 0.0701 e. The molecule has 1 aromatic rings. The lowest BCUT2D eigenvalue weighted by atomic mass is 10.00. The second kappa shape index (κ2) is 3.48. The number of thiophene rings is 1. The molecule has 1 nitrogen and oxygen atoms in total. The van der Waals surface area contributed by atoms with Gasteiger partial charge in [0.1, 0.15) is 0 Å². The molecule has 2 heterocycles. The molecule has 0 aromatic carbocycles. The summed E-state index contributed by atoms with van der Waals surface area (Å²) in [5.41, 5.74) is 1.49. The zero-order chi connectivity index (χ0) is 8.55. The summed E-state index contributed by atoms with van der Waals surface area (Å²) in [6, 6.07) is 2.93. The van der Waals surface area contributed by atoms with Crippen LogP contribution >= 0.6 is 27.3 Å². The normalized spacial score (nSPS) is 29.5. The Morgan fingerprint density at radius 1 is 1.67 bits per heavy atom. The van der Waals surface area contributed by atoms with Crippen LogP contribution in [-0.4, -0.2) is 12.6 Å². The van der Waals surface area contributed by atoms with Crippen molar-refractivity contribution in [2.24, 2.45) is 0 Å². The highest BCUT2D eigenvalue weighted by Gasteiger charge is 2.22. The summed E-state index contributed by atoms with van der Waals surface area (Å²) in [6.07, 6.45) is 1.28. The highest BCUT2D eigenvalue weighted by molar-refractivity contribution is 9.11. The lowest BCUT2D eigenvalue weighted by Crippen LogP contribution is -2.16. The van der Waals surface area contributed by atoms with Crippen molar-refractivity contribution < 1.29 is 0 Å². The molecule has 1 aliphatic rings. The standard InChI is InChI=1S/C9H12BrNS/c1-6-2-7(4-11-6)8-3-9(10)12-5-8/h3,5-7,11H,2,4H2,1H3. The molecule has 1 fully saturated rings. The first-order valence-corrected chi connectivity index (χ1v) is 5.90. The number of rotatable bonds is 1. The fourth-order valence-electron chi connectivity index (χ4n) is 1.73. The summed E-state index contributed by atoms with van der Waals surface area (Å²) in [5.74, 6) is 0.738. The molecule has 12 heavy (non-hydrogen) atoms. The van der Waals surface area contributed by atoms with Gasteiger partial charge in [0.15, 0.2) is 0 Å². The molecule has 1 N–H and O–H groups in total. The van der Waals surface area contributed by atoms with Crippen LogP contribution in [0.15, 0.2) is 15.2 Å². The van der Waals surface area contributed by atoms with E-state index in [4.69, 9.17) is 0 Å². The Labute approximate surface area is 85.3 Å². The summed E-state index contributed by atoms with van der Waals surface area (Å²) in [4.78, 5) is 0. The van der Waals surface area contributed by atoms with E-state index >= 15 is 0 Å². The van der Waals surface area contributed by atoms with Crippen molar-refractivity contribution >= 4 is 27.3 Å². The highest BCUT2D eigenvalue weighted by atomic mass is 79.9. The molecule has 1 saturated heterocycles. The predicted molar refractivity (Wildman–Crippen MR) is 56.8 cm³/mol. The second-order valence-electron chi connectivity index (χ2n) is 3.43. The van der Waals surface area contributed by atoms with E-state index in [1.165, 1.54) is 15.8 Å². The number of hydrogen-bond donors (Lipinski definition) is 1. The van der Waals surface area contributed by atoms with Crippen molar-refractivity contribution in [2.75, 3.05) is 6.54 Å². The summed E-state index contributed by atoms with van der Waals surface area (Å²) in [7, 11) is 0. The van der Waals surface area contributed by atoms with Gasteiger partial charge in [-0.2, -0.15) is 0 Å². The molecule has 3 heteroatoms. The van der Waals surface area contributed by atoms with Crippen molar-refractivity contribution in [3.05, 3.63) is 20.8 Å². The Morgan fingerprint density at radius 2 is 2.50 bits per heavy atom. The SMILES string of the molecule is CC1CC(c2csc(Br)c2)CN1. The van der Waals surface area contributed by atoms with Crippen LogP contribution in [-0.2, 0) is 0 Å². The lowest BCUT2D eigenvalue weighted by Gasteiger charge is -2.03. The van der Waals surface area contributed by atoms with Crippen LogP contribution in [0.4, 0.5) is 0 Å². The molecule has 2 rings (SSSR count). The van der Waals surface area contributed by atoms with Gasteiger partial charge in [-0.1, -0.05) is 0 Å². The number of hydrogen-bond acceptors (Lipinski definition) is 2. The van der Waals surface area contributed by atoms with Gasteiger partial charge in [-0.05, 0) is 52.2 Å². The maximum absolute atomic E-state index is 3.49. The van der Waals surface area contributed by atoms with E-state index in [0.717, 1.165) is 12.5 Å². The Morgan fingerprint density at radius 3 is 3.00 bits per heavy atom. The molecule has 0 amide bonds. The van der Waals surface area contributed by atoms with Gasteiger partial charge >= 0.3 is 0 Å². The molecule has 0 aliphatic carbocycles. The van der Waals surface area contributed by atoms with Crippen LogP contribution in [0.3, 0.4) is 0 Å². The average Bonchev–Trinajstić information content (AvgIpc) is 2.58. The summed E-state index contributed by atoms with van der Waals surface area (Å²) in [5, 5.41) is 5.73. The van der Waals surface area contributed by atoms with Crippen molar-refractivity contribution in [3.8, 4) is 0 Å². The quantitative estimate of drug-likeness (QED) is 0.803. The smallest absolute Gasteiger partial charge is 0.0701 e. The Hall–Kier alpha value is 0.140. The van der Waals surface area contributed by atoms with E-state index in [2.05, 4.69) is 39.6 Å². The average molecular weight is 246 g/mol. The van der Waals surface area contributed by atoms with E-state index in [9.17, 15) is 0 Å². The number of halogens is 1. The van der Waals surface area contributed by atoms with Crippen LogP contribution in [0.25, 0.3) is 0 Å². The van der Waals surface area contributed by atoms with Crippen molar-refractivity contribution in [2.45, 2.75) is 25.3 Å². The van der Waals surface area contributed by atoms with Gasteiger partial charge in [0, 0.05) is 12.6 Å². The minimum atomic E-state index is 0.689. The molecule has 0 saturated carbocycles. The van der Waals surface area contributed by atoms with Gasteiger partial charge in [-0.25, -0.2) is 0 Å². The number of nitrogens with one attached hydrogen (secondary N) is 1. The maximum atomic E-state index is 3.49. The molecular weight excluding hydrogens is 234 g/mol. The third-order valence-electron chi connectivity index (χ3n) is 2.41. The Bertz CT molecular complexity index is 271. The largest absolute Gasteiger partial charge is 0.314 e. The minimum Gasteiger partial charge on any atom is -0.314 e. The van der Waals surface area contributed by atoms with Crippen molar-refractivity contribution in [1.29, 1.82) is 0 Å². The van der Waals surface area contributed by atoms with E-state index in [-0.39, 0.29) is 0 Å². The third-order valence-corrected chi connectivity index (χ3v) is 3.93. The van der Waals surface area contributed by atoms with E-state index in [0.29, 0.717) is 6.04 Å². The Kier molecular flexibility index (Phi) is 2.53. The fourth-order valence-corrected chi connectivity index (χ4v) is 2.99. The molecule has 0 bridgehead atoms. The molecular formula is C9H12BrNS. The first-order valence-electron chi connectivity index (χ1n) is 4.23. The topological polar surface area (TPSA) is 12.0 Å². The highest BCUT2D eigenvalue weighted by Crippen LogP contribution is 2.31. The Balaban J connectivity index is 2.11. The van der Waals surface area contributed by atoms with E-state index in [1.807, 2.05) is 0 Å². The van der Waals surface area contributed by atoms with Gasteiger partial charge in [-0.15, -0.1) is 11.3 Å². The second-order valence-corrected chi connectivity index (χ2v) is 5.72. The molecule has 66 valence electrons. The van der Waals surface area contributed by atoms with Gasteiger partial charge in [-0.3, -0.25) is 0 Å². The van der Waals surface area contributed by atoms with Crippen LogP contribution < -0.4 is 5.32 Å². The molecule has 1 aromatic heterocycles. The molecule has 0 spiro atoms. The molecule has 2 unspecified atom stereocenters. The fraction of sp³-hybridized carbons (Fsp3) is 0.556. The van der Waals surface area contributed by atoms with Crippen molar-refractivity contribution in [1.82, 2.24) is 5.32 Å². The van der Waals surface area contributed by atoms with Crippen LogP contribution in [0.1, 0.15) is 24.8 Å². The summed E-state index contributed by atoms with van der Waals surface area (Å²) < 4.78 is 1.25. The zero-order valence-electron chi connectivity index (χ0n) is 7.01. The zero-order valence-corrected chi connectivity index (χ0v) is 9.41. The van der Waals surface area contributed by atoms with Crippen molar-refractivity contribution in [3.63, 3.8) is 0 Å². The van der Waals surface area contributed by atoms with Crippen LogP contribution in [0.5, 0.6) is 0 Å². The van der Waals surface area contributed by atoms with E-state index in [1.54, 1.807) is 11.3 Å². The van der Waals surface area contributed by atoms with Gasteiger partial charge in [0.05, 0.1) is 3.79 Å².